The van der Waals surface area contributed by atoms with Crippen molar-refractivity contribution in [1.82, 2.24) is 4.98 Å². The maximum absolute atomic E-state index is 11.8. The zero-order valence-corrected chi connectivity index (χ0v) is 10.5. The molecule has 1 aromatic heterocycles. The van der Waals surface area contributed by atoms with Crippen molar-refractivity contribution in [2.75, 3.05) is 0 Å². The lowest BCUT2D eigenvalue weighted by Gasteiger charge is -2.11. The molecule has 2 aromatic rings. The van der Waals surface area contributed by atoms with Crippen molar-refractivity contribution < 1.29 is 9.53 Å². The number of esters is 1. The van der Waals surface area contributed by atoms with Crippen molar-refractivity contribution in [2.45, 2.75) is 19.1 Å². The van der Waals surface area contributed by atoms with Gasteiger partial charge in [0.15, 0.2) is 0 Å². The van der Waals surface area contributed by atoms with Crippen LogP contribution in [0.5, 0.6) is 0 Å². The third-order valence-electron chi connectivity index (χ3n) is 2.73. The first kappa shape index (κ1) is 13.2. The van der Waals surface area contributed by atoms with Crippen LogP contribution in [0.25, 0.3) is 0 Å². The highest BCUT2D eigenvalue weighted by Crippen LogP contribution is 2.05. The molecule has 0 spiro atoms. The molecular weight excluding hydrogens is 240 g/mol. The van der Waals surface area contributed by atoms with Crippen molar-refractivity contribution in [1.29, 1.82) is 0 Å². The molecule has 4 heteroatoms. The zero-order valence-electron chi connectivity index (χ0n) is 10.5. The SMILES string of the molecule is N[C@@H](Cc1ccccc1)C(=O)OCc1ccncc1. The Morgan fingerprint density at radius 3 is 2.47 bits per heavy atom. The highest BCUT2D eigenvalue weighted by Gasteiger charge is 2.15. The van der Waals surface area contributed by atoms with E-state index in [0.717, 1.165) is 11.1 Å². The predicted molar refractivity (Wildman–Crippen MR) is 72.2 cm³/mol. The first-order chi connectivity index (χ1) is 9.25. The van der Waals surface area contributed by atoms with E-state index in [-0.39, 0.29) is 12.6 Å². The lowest BCUT2D eigenvalue weighted by Crippen LogP contribution is -2.34. The Hall–Kier alpha value is -2.20. The molecular formula is C15H16N2O2. The molecule has 0 saturated carbocycles. The van der Waals surface area contributed by atoms with Crippen molar-refractivity contribution in [3.05, 3.63) is 66.0 Å². The molecule has 2 rings (SSSR count). The van der Waals surface area contributed by atoms with E-state index < -0.39 is 6.04 Å². The minimum Gasteiger partial charge on any atom is -0.460 e. The lowest BCUT2D eigenvalue weighted by molar-refractivity contribution is -0.146. The number of benzene rings is 1. The van der Waals surface area contributed by atoms with Crippen LogP contribution in [0.3, 0.4) is 0 Å². The second-order valence-electron chi connectivity index (χ2n) is 4.26. The topological polar surface area (TPSA) is 65.2 Å². The molecule has 0 bridgehead atoms. The Bertz CT molecular complexity index is 514. The molecule has 1 aromatic carbocycles. The zero-order chi connectivity index (χ0) is 13.5. The molecule has 0 aliphatic heterocycles. The Morgan fingerprint density at radius 1 is 1.11 bits per heavy atom. The smallest absolute Gasteiger partial charge is 0.323 e. The van der Waals surface area contributed by atoms with Crippen LogP contribution in [0.4, 0.5) is 0 Å². The molecule has 19 heavy (non-hydrogen) atoms. The van der Waals surface area contributed by atoms with Gasteiger partial charge in [-0.3, -0.25) is 9.78 Å². The number of aromatic nitrogens is 1. The fraction of sp³-hybridized carbons (Fsp3) is 0.200. The summed E-state index contributed by atoms with van der Waals surface area (Å²) in [5.74, 6) is -0.388. The van der Waals surface area contributed by atoms with E-state index in [1.165, 1.54) is 0 Å². The normalized spacial score (nSPS) is 11.8. The minimum atomic E-state index is -0.635. The largest absolute Gasteiger partial charge is 0.460 e. The molecule has 0 aliphatic carbocycles. The van der Waals surface area contributed by atoms with Gasteiger partial charge in [0.25, 0.3) is 0 Å². The fourth-order valence-corrected chi connectivity index (χ4v) is 1.69. The minimum absolute atomic E-state index is 0.226. The summed E-state index contributed by atoms with van der Waals surface area (Å²) in [7, 11) is 0. The van der Waals surface area contributed by atoms with Gasteiger partial charge in [0.05, 0.1) is 0 Å². The molecule has 0 amide bonds. The van der Waals surface area contributed by atoms with Gasteiger partial charge < -0.3 is 10.5 Å². The van der Waals surface area contributed by atoms with E-state index in [1.807, 2.05) is 30.3 Å². The molecule has 0 fully saturated rings. The van der Waals surface area contributed by atoms with Crippen molar-refractivity contribution in [2.24, 2.45) is 5.73 Å². The third kappa shape index (κ3) is 4.19. The maximum atomic E-state index is 11.8. The van der Waals surface area contributed by atoms with Crippen molar-refractivity contribution in [3.8, 4) is 0 Å². The van der Waals surface area contributed by atoms with Gasteiger partial charge >= 0.3 is 5.97 Å². The van der Waals surface area contributed by atoms with Crippen LogP contribution in [-0.2, 0) is 22.6 Å². The van der Waals surface area contributed by atoms with Gasteiger partial charge in [-0.05, 0) is 29.7 Å². The molecule has 98 valence electrons. The first-order valence-corrected chi connectivity index (χ1v) is 6.11. The lowest BCUT2D eigenvalue weighted by atomic mass is 10.1. The van der Waals surface area contributed by atoms with Crippen LogP contribution in [0, 0.1) is 0 Å². The second-order valence-corrected chi connectivity index (χ2v) is 4.26. The number of pyridine rings is 1. The Kier molecular flexibility index (Phi) is 4.64. The van der Waals surface area contributed by atoms with Gasteiger partial charge in [0.2, 0.25) is 0 Å². The number of carbonyl (C=O) groups is 1. The number of rotatable bonds is 5. The van der Waals surface area contributed by atoms with Gasteiger partial charge in [-0.2, -0.15) is 0 Å². The Labute approximate surface area is 112 Å². The number of nitrogens with zero attached hydrogens (tertiary/aromatic N) is 1. The molecule has 4 nitrogen and oxygen atoms in total. The highest BCUT2D eigenvalue weighted by molar-refractivity contribution is 5.75. The van der Waals surface area contributed by atoms with E-state index in [9.17, 15) is 4.79 Å². The number of ether oxygens (including phenoxy) is 1. The molecule has 0 saturated heterocycles. The standard InChI is InChI=1S/C15H16N2O2/c16-14(10-12-4-2-1-3-5-12)15(18)19-11-13-6-8-17-9-7-13/h1-9,14H,10-11,16H2/t14-/m0/s1. The summed E-state index contributed by atoms with van der Waals surface area (Å²) in [4.78, 5) is 15.7. The number of carbonyl (C=O) groups excluding carboxylic acids is 1. The summed E-state index contributed by atoms with van der Waals surface area (Å²) in [6.45, 7) is 0.226. The van der Waals surface area contributed by atoms with Gasteiger partial charge in [0, 0.05) is 12.4 Å². The maximum Gasteiger partial charge on any atom is 0.323 e. The molecule has 0 radical (unpaired) electrons. The van der Waals surface area contributed by atoms with Crippen LogP contribution < -0.4 is 5.73 Å². The van der Waals surface area contributed by atoms with Crippen molar-refractivity contribution in [3.63, 3.8) is 0 Å². The monoisotopic (exact) mass is 256 g/mol. The number of nitrogens with two attached hydrogens (primary N) is 1. The van der Waals surface area contributed by atoms with E-state index >= 15 is 0 Å². The van der Waals surface area contributed by atoms with Crippen LogP contribution >= 0.6 is 0 Å². The molecule has 0 unspecified atom stereocenters. The molecule has 1 atom stereocenters. The van der Waals surface area contributed by atoms with Crippen LogP contribution in [0.1, 0.15) is 11.1 Å². The average molecular weight is 256 g/mol. The van der Waals surface area contributed by atoms with Crippen LogP contribution in [0.2, 0.25) is 0 Å². The van der Waals surface area contributed by atoms with Crippen LogP contribution in [0.15, 0.2) is 54.9 Å². The summed E-state index contributed by atoms with van der Waals surface area (Å²) in [5, 5.41) is 0. The third-order valence-corrected chi connectivity index (χ3v) is 2.73. The van der Waals surface area contributed by atoms with Gasteiger partial charge in [-0.25, -0.2) is 0 Å². The Morgan fingerprint density at radius 2 is 1.79 bits per heavy atom. The van der Waals surface area contributed by atoms with Gasteiger partial charge in [0.1, 0.15) is 12.6 Å². The summed E-state index contributed by atoms with van der Waals surface area (Å²) in [5.41, 5.74) is 7.75. The molecule has 1 heterocycles. The van der Waals surface area contributed by atoms with E-state index in [2.05, 4.69) is 4.98 Å². The van der Waals surface area contributed by atoms with Crippen LogP contribution in [-0.4, -0.2) is 17.0 Å². The highest BCUT2D eigenvalue weighted by atomic mass is 16.5. The van der Waals surface area contributed by atoms with E-state index in [4.69, 9.17) is 10.5 Å². The van der Waals surface area contributed by atoms with Gasteiger partial charge in [-0.1, -0.05) is 30.3 Å². The van der Waals surface area contributed by atoms with E-state index in [0.29, 0.717) is 6.42 Å². The summed E-state index contributed by atoms with van der Waals surface area (Å²) >= 11 is 0. The summed E-state index contributed by atoms with van der Waals surface area (Å²) < 4.78 is 5.17. The fourth-order valence-electron chi connectivity index (χ4n) is 1.69. The summed E-state index contributed by atoms with van der Waals surface area (Å²) in [6, 6.07) is 12.6. The Balaban J connectivity index is 1.83. The summed E-state index contributed by atoms with van der Waals surface area (Å²) in [6.07, 6.45) is 3.80. The molecule has 0 aliphatic rings. The molecule has 2 N–H and O–H groups in total. The first-order valence-electron chi connectivity index (χ1n) is 6.11. The van der Waals surface area contributed by atoms with Crippen molar-refractivity contribution >= 4 is 5.97 Å². The predicted octanol–water partition coefficient (Wildman–Crippen LogP) is 1.69. The average Bonchev–Trinajstić information content (AvgIpc) is 2.47. The van der Waals surface area contributed by atoms with E-state index in [1.54, 1.807) is 24.5 Å². The quantitative estimate of drug-likeness (QED) is 0.827. The van der Waals surface area contributed by atoms with Gasteiger partial charge in [-0.15, -0.1) is 0 Å². The number of hydrogen-bond acceptors (Lipinski definition) is 4. The number of hydrogen-bond donors (Lipinski definition) is 1. The second kappa shape index (κ2) is 6.66.